The second-order valence-electron chi connectivity index (χ2n) is 6.52. The maximum atomic E-state index is 11.6. The first-order chi connectivity index (χ1) is 11.1. The number of hydrogen-bond acceptors (Lipinski definition) is 5. The van der Waals surface area contributed by atoms with Gasteiger partial charge in [0.15, 0.2) is 0 Å². The Labute approximate surface area is 141 Å². The number of hydrogen-bond donors (Lipinski definition) is 3. The number of carbonyl (C=O) groups is 1. The predicted molar refractivity (Wildman–Crippen MR) is 91.1 cm³/mol. The number of ether oxygens (including phenoxy) is 1. The van der Waals surface area contributed by atoms with Gasteiger partial charge in [0, 0.05) is 11.8 Å². The van der Waals surface area contributed by atoms with Crippen LogP contribution in [0, 0.1) is 5.41 Å². The molecular weight excluding hydrogens is 296 g/mol. The highest BCUT2D eigenvalue weighted by molar-refractivity contribution is 5.69. The maximum Gasteiger partial charge on any atom is 0.305 e. The quantitative estimate of drug-likeness (QED) is 0.299. The van der Waals surface area contributed by atoms with Crippen molar-refractivity contribution >= 4 is 5.97 Å². The van der Waals surface area contributed by atoms with E-state index in [2.05, 4.69) is 6.92 Å². The Morgan fingerprint density at radius 1 is 0.826 bits per heavy atom. The molecule has 0 unspecified atom stereocenters. The monoisotopic (exact) mass is 332 g/mol. The van der Waals surface area contributed by atoms with Gasteiger partial charge in [-0.3, -0.25) is 4.79 Å². The minimum absolute atomic E-state index is 0.123. The fourth-order valence-corrected chi connectivity index (χ4v) is 2.42. The number of esters is 1. The summed E-state index contributed by atoms with van der Waals surface area (Å²) in [7, 11) is 0. The van der Waals surface area contributed by atoms with Crippen LogP contribution in [0.2, 0.25) is 0 Å². The SMILES string of the molecule is CCCCCCCCCCCC(=O)OCCC(CO)(CO)CO. The molecule has 0 aromatic rings. The van der Waals surface area contributed by atoms with E-state index in [1.807, 2.05) is 0 Å². The van der Waals surface area contributed by atoms with Crippen molar-refractivity contribution in [3.05, 3.63) is 0 Å². The second kappa shape index (κ2) is 14.9. The highest BCUT2D eigenvalue weighted by Crippen LogP contribution is 2.20. The van der Waals surface area contributed by atoms with Gasteiger partial charge >= 0.3 is 5.97 Å². The lowest BCUT2D eigenvalue weighted by atomic mass is 9.88. The first-order valence-electron chi connectivity index (χ1n) is 9.12. The molecule has 0 saturated carbocycles. The van der Waals surface area contributed by atoms with Crippen LogP contribution in [-0.4, -0.2) is 47.7 Å². The van der Waals surface area contributed by atoms with Crippen molar-refractivity contribution in [1.82, 2.24) is 0 Å². The third kappa shape index (κ3) is 11.5. The lowest BCUT2D eigenvalue weighted by Gasteiger charge is -2.26. The van der Waals surface area contributed by atoms with Gasteiger partial charge in [0.05, 0.1) is 26.4 Å². The van der Waals surface area contributed by atoms with Crippen LogP contribution in [0.15, 0.2) is 0 Å². The Hall–Kier alpha value is -0.650. The van der Waals surface area contributed by atoms with Crippen molar-refractivity contribution in [2.75, 3.05) is 26.4 Å². The average molecular weight is 332 g/mol. The maximum absolute atomic E-state index is 11.6. The van der Waals surface area contributed by atoms with Gasteiger partial charge in [-0.15, -0.1) is 0 Å². The smallest absolute Gasteiger partial charge is 0.305 e. The van der Waals surface area contributed by atoms with E-state index in [0.29, 0.717) is 6.42 Å². The van der Waals surface area contributed by atoms with Gasteiger partial charge in [0.1, 0.15) is 0 Å². The van der Waals surface area contributed by atoms with Crippen LogP contribution >= 0.6 is 0 Å². The Morgan fingerprint density at radius 3 is 1.78 bits per heavy atom. The van der Waals surface area contributed by atoms with Gasteiger partial charge in [-0.1, -0.05) is 58.3 Å². The lowest BCUT2D eigenvalue weighted by Crippen LogP contribution is -2.35. The van der Waals surface area contributed by atoms with E-state index in [1.54, 1.807) is 0 Å². The Morgan fingerprint density at radius 2 is 1.30 bits per heavy atom. The fraction of sp³-hybridized carbons (Fsp3) is 0.944. The van der Waals surface area contributed by atoms with Crippen molar-refractivity contribution in [3.8, 4) is 0 Å². The molecular formula is C18H36O5. The minimum atomic E-state index is -0.960. The van der Waals surface area contributed by atoms with Crippen LogP contribution in [0.4, 0.5) is 0 Å². The van der Waals surface area contributed by atoms with Crippen molar-refractivity contribution in [2.24, 2.45) is 5.41 Å². The first kappa shape index (κ1) is 22.4. The van der Waals surface area contributed by atoms with Crippen LogP contribution in [0.25, 0.3) is 0 Å². The first-order valence-corrected chi connectivity index (χ1v) is 9.12. The summed E-state index contributed by atoms with van der Waals surface area (Å²) in [4.78, 5) is 11.6. The number of rotatable bonds is 16. The summed E-state index contributed by atoms with van der Waals surface area (Å²) in [6.07, 6.45) is 11.5. The lowest BCUT2D eigenvalue weighted by molar-refractivity contribution is -0.145. The van der Waals surface area contributed by atoms with Gasteiger partial charge in [-0.25, -0.2) is 0 Å². The van der Waals surface area contributed by atoms with Gasteiger partial charge in [0.25, 0.3) is 0 Å². The summed E-state index contributed by atoms with van der Waals surface area (Å²) in [5, 5.41) is 27.5. The molecule has 0 rings (SSSR count). The Bertz CT molecular complexity index is 268. The van der Waals surface area contributed by atoms with Gasteiger partial charge in [0.2, 0.25) is 0 Å². The molecule has 0 aliphatic heterocycles. The van der Waals surface area contributed by atoms with Gasteiger partial charge in [-0.05, 0) is 12.8 Å². The molecule has 0 atom stereocenters. The highest BCUT2D eigenvalue weighted by Gasteiger charge is 2.28. The van der Waals surface area contributed by atoms with Gasteiger partial charge < -0.3 is 20.1 Å². The molecule has 0 radical (unpaired) electrons. The summed E-state index contributed by atoms with van der Waals surface area (Å²) in [6.45, 7) is 1.37. The molecule has 5 nitrogen and oxygen atoms in total. The molecule has 0 aliphatic carbocycles. The molecule has 0 aromatic heterocycles. The van der Waals surface area contributed by atoms with E-state index in [-0.39, 0.29) is 38.8 Å². The number of aliphatic hydroxyl groups excluding tert-OH is 3. The summed E-state index contributed by atoms with van der Waals surface area (Å²) in [5.74, 6) is -0.240. The summed E-state index contributed by atoms with van der Waals surface area (Å²) < 4.78 is 5.10. The number of carbonyl (C=O) groups excluding carboxylic acids is 1. The minimum Gasteiger partial charge on any atom is -0.466 e. The molecule has 23 heavy (non-hydrogen) atoms. The Kier molecular flexibility index (Phi) is 14.5. The average Bonchev–Trinajstić information content (AvgIpc) is 2.58. The highest BCUT2D eigenvalue weighted by atomic mass is 16.5. The zero-order valence-corrected chi connectivity index (χ0v) is 14.8. The van der Waals surface area contributed by atoms with Crippen molar-refractivity contribution in [3.63, 3.8) is 0 Å². The van der Waals surface area contributed by atoms with Crippen molar-refractivity contribution in [1.29, 1.82) is 0 Å². The van der Waals surface area contributed by atoms with Crippen molar-refractivity contribution < 1.29 is 24.9 Å². The van der Waals surface area contributed by atoms with Crippen LogP contribution in [0.3, 0.4) is 0 Å². The van der Waals surface area contributed by atoms with E-state index in [1.165, 1.54) is 44.9 Å². The molecule has 0 saturated heterocycles. The molecule has 0 spiro atoms. The molecule has 0 amide bonds. The van der Waals surface area contributed by atoms with E-state index in [9.17, 15) is 20.1 Å². The molecule has 0 heterocycles. The number of unbranched alkanes of at least 4 members (excludes halogenated alkanes) is 8. The zero-order valence-electron chi connectivity index (χ0n) is 14.8. The molecule has 3 N–H and O–H groups in total. The van der Waals surface area contributed by atoms with Crippen molar-refractivity contribution in [2.45, 2.75) is 77.6 Å². The van der Waals surface area contributed by atoms with Crippen LogP contribution in [0.5, 0.6) is 0 Å². The second-order valence-corrected chi connectivity index (χ2v) is 6.52. The summed E-state index contributed by atoms with van der Waals surface area (Å²) in [6, 6.07) is 0. The van der Waals surface area contributed by atoms with Crippen LogP contribution < -0.4 is 0 Å². The zero-order chi connectivity index (χ0) is 17.4. The normalized spacial score (nSPS) is 11.7. The molecule has 0 aliphatic rings. The Balaban J connectivity index is 3.50. The van der Waals surface area contributed by atoms with Crippen LogP contribution in [-0.2, 0) is 9.53 Å². The predicted octanol–water partition coefficient (Wildman–Crippen LogP) is 2.80. The third-order valence-corrected chi connectivity index (χ3v) is 4.39. The molecule has 0 fully saturated rings. The summed E-state index contributed by atoms with van der Waals surface area (Å²) >= 11 is 0. The summed E-state index contributed by atoms with van der Waals surface area (Å²) in [5.41, 5.74) is -0.960. The fourth-order valence-electron chi connectivity index (χ4n) is 2.42. The molecule has 5 heteroatoms. The van der Waals surface area contributed by atoms with Crippen LogP contribution in [0.1, 0.15) is 77.6 Å². The molecule has 0 aromatic carbocycles. The third-order valence-electron chi connectivity index (χ3n) is 4.39. The van der Waals surface area contributed by atoms with E-state index >= 15 is 0 Å². The molecule has 0 bridgehead atoms. The van der Waals surface area contributed by atoms with E-state index in [4.69, 9.17) is 4.74 Å². The van der Waals surface area contributed by atoms with Gasteiger partial charge in [-0.2, -0.15) is 0 Å². The van der Waals surface area contributed by atoms with E-state index in [0.717, 1.165) is 12.8 Å². The standard InChI is InChI=1S/C18H36O5/c1-2-3-4-5-6-7-8-9-10-11-17(22)23-13-12-18(14-19,15-20)16-21/h19-21H,2-16H2,1H3. The number of aliphatic hydroxyl groups is 3. The largest absolute Gasteiger partial charge is 0.466 e. The topological polar surface area (TPSA) is 87.0 Å². The molecule has 138 valence electrons. The van der Waals surface area contributed by atoms with E-state index < -0.39 is 5.41 Å².